The van der Waals surface area contributed by atoms with E-state index in [2.05, 4.69) is 78.9 Å². The molecule has 3 heterocycles. The van der Waals surface area contributed by atoms with Gasteiger partial charge in [0.05, 0.1) is 23.5 Å². The fourth-order valence-electron chi connectivity index (χ4n) is 6.03. The second-order valence-electron chi connectivity index (χ2n) is 9.57. The zero-order valence-corrected chi connectivity index (χ0v) is 21.0. The molecule has 0 bridgehead atoms. The van der Waals surface area contributed by atoms with Crippen LogP contribution < -0.4 is 5.32 Å². The lowest BCUT2D eigenvalue weighted by atomic mass is 9.95. The summed E-state index contributed by atoms with van der Waals surface area (Å²) in [6.07, 6.45) is 7.90. The van der Waals surface area contributed by atoms with E-state index in [9.17, 15) is 0 Å². The molecule has 1 N–H and O–H groups in total. The molecule has 2 fully saturated rings. The highest BCUT2D eigenvalue weighted by atomic mass is 32.1. The number of aromatic nitrogens is 2. The van der Waals surface area contributed by atoms with E-state index in [0.29, 0.717) is 6.04 Å². The molecule has 172 valence electrons. The Kier molecular flexibility index (Phi) is 6.00. The van der Waals surface area contributed by atoms with E-state index in [1.807, 2.05) is 12.3 Å². The smallest absolute Gasteiger partial charge is 0.170 e. The van der Waals surface area contributed by atoms with Crippen molar-refractivity contribution in [3.63, 3.8) is 0 Å². The molecule has 1 aromatic carbocycles. The van der Waals surface area contributed by atoms with Gasteiger partial charge in [0.2, 0.25) is 0 Å². The lowest BCUT2D eigenvalue weighted by Gasteiger charge is -2.33. The van der Waals surface area contributed by atoms with Gasteiger partial charge >= 0.3 is 0 Å². The summed E-state index contributed by atoms with van der Waals surface area (Å²) >= 11 is 5.95. The third-order valence-electron chi connectivity index (χ3n) is 7.57. The predicted molar refractivity (Wildman–Crippen MR) is 139 cm³/mol. The van der Waals surface area contributed by atoms with Gasteiger partial charge in [0, 0.05) is 23.6 Å². The molecule has 33 heavy (non-hydrogen) atoms. The van der Waals surface area contributed by atoms with Gasteiger partial charge in [-0.1, -0.05) is 44.0 Å². The summed E-state index contributed by atoms with van der Waals surface area (Å²) in [7, 11) is 0. The minimum Gasteiger partial charge on any atom is -0.352 e. The van der Waals surface area contributed by atoms with Crippen LogP contribution in [-0.4, -0.2) is 25.6 Å². The summed E-state index contributed by atoms with van der Waals surface area (Å²) < 4.78 is 2.47. The Morgan fingerprint density at radius 2 is 1.85 bits per heavy atom. The molecule has 0 amide bonds. The van der Waals surface area contributed by atoms with Gasteiger partial charge in [-0.25, -0.2) is 0 Å². The van der Waals surface area contributed by atoms with E-state index in [1.54, 1.807) is 0 Å². The average Bonchev–Trinajstić information content (AvgIpc) is 3.52. The van der Waals surface area contributed by atoms with Crippen LogP contribution >= 0.6 is 12.2 Å². The molecule has 2 atom stereocenters. The van der Waals surface area contributed by atoms with Crippen LogP contribution in [-0.2, 0) is 6.42 Å². The largest absolute Gasteiger partial charge is 0.352 e. The van der Waals surface area contributed by atoms with Crippen LogP contribution in [0.3, 0.4) is 0 Å². The molecule has 2 aromatic heterocycles. The van der Waals surface area contributed by atoms with Gasteiger partial charge in [-0.05, 0) is 87.1 Å². The highest BCUT2D eigenvalue weighted by molar-refractivity contribution is 7.80. The number of nitrogens with one attached hydrogen (secondary N) is 1. The van der Waals surface area contributed by atoms with Crippen molar-refractivity contribution in [1.82, 2.24) is 19.8 Å². The molecule has 1 saturated carbocycles. The highest BCUT2D eigenvalue weighted by Crippen LogP contribution is 2.45. The predicted octanol–water partition coefficient (Wildman–Crippen LogP) is 6.28. The topological polar surface area (TPSA) is 33.1 Å². The van der Waals surface area contributed by atoms with Gasteiger partial charge < -0.3 is 14.8 Å². The van der Waals surface area contributed by atoms with Crippen LogP contribution in [0.15, 0.2) is 48.7 Å². The number of nitrogens with zero attached hydrogens (tertiary/aromatic N) is 3. The van der Waals surface area contributed by atoms with E-state index in [4.69, 9.17) is 17.2 Å². The molecule has 1 aliphatic carbocycles. The van der Waals surface area contributed by atoms with Crippen LogP contribution in [0.5, 0.6) is 0 Å². The third-order valence-corrected chi connectivity index (χ3v) is 7.90. The number of hydrogen-bond donors (Lipinski definition) is 1. The van der Waals surface area contributed by atoms with Gasteiger partial charge in [-0.15, -0.1) is 0 Å². The molecular formula is C28H34N4S. The van der Waals surface area contributed by atoms with Gasteiger partial charge in [0.25, 0.3) is 0 Å². The van der Waals surface area contributed by atoms with Crippen molar-refractivity contribution < 1.29 is 0 Å². The maximum atomic E-state index is 5.95. The zero-order valence-electron chi connectivity index (χ0n) is 20.1. The van der Waals surface area contributed by atoms with Gasteiger partial charge in [-0.2, -0.15) is 0 Å². The maximum absolute atomic E-state index is 5.95. The molecule has 5 heteroatoms. The molecule has 1 aliphatic heterocycles. The van der Waals surface area contributed by atoms with Gasteiger partial charge in [0.15, 0.2) is 5.11 Å². The summed E-state index contributed by atoms with van der Waals surface area (Å²) in [5.74, 6) is 0. The number of pyridine rings is 1. The van der Waals surface area contributed by atoms with Crippen LogP contribution in [0.25, 0.3) is 5.69 Å². The monoisotopic (exact) mass is 458 g/mol. The fraction of sp³-hybridized carbons (Fsp3) is 0.429. The highest BCUT2D eigenvalue weighted by Gasteiger charge is 2.44. The van der Waals surface area contributed by atoms with E-state index >= 15 is 0 Å². The van der Waals surface area contributed by atoms with Crippen LogP contribution in [0.1, 0.15) is 78.5 Å². The Hall–Kier alpha value is -2.66. The quantitative estimate of drug-likeness (QED) is 0.457. The minimum absolute atomic E-state index is 0.0516. The Morgan fingerprint density at radius 3 is 2.55 bits per heavy atom. The minimum atomic E-state index is 0.0516. The molecule has 3 aromatic rings. The number of aryl methyl sites for hydroxylation is 3. The molecule has 4 nitrogen and oxygen atoms in total. The Labute approximate surface area is 203 Å². The van der Waals surface area contributed by atoms with E-state index < -0.39 is 0 Å². The Balaban J connectivity index is 1.67. The summed E-state index contributed by atoms with van der Waals surface area (Å²) in [5.41, 5.74) is 9.02. The molecule has 0 spiro atoms. The molecule has 1 saturated heterocycles. The summed E-state index contributed by atoms with van der Waals surface area (Å²) in [5, 5.41) is 4.53. The molecule has 2 unspecified atom stereocenters. The normalized spacial score (nSPS) is 21.1. The molecular weight excluding hydrogens is 424 g/mol. The first-order valence-corrected chi connectivity index (χ1v) is 12.7. The number of thiocarbonyl (C=S) groups is 1. The fourth-order valence-corrected chi connectivity index (χ4v) is 6.42. The zero-order chi connectivity index (χ0) is 23.1. The van der Waals surface area contributed by atoms with Gasteiger partial charge in [-0.3, -0.25) is 4.98 Å². The van der Waals surface area contributed by atoms with Crippen molar-refractivity contribution in [2.45, 2.75) is 77.9 Å². The number of para-hydroxylation sites is 1. The van der Waals surface area contributed by atoms with E-state index in [0.717, 1.165) is 17.2 Å². The summed E-state index contributed by atoms with van der Waals surface area (Å²) in [6.45, 7) is 8.98. The standard InChI is InChI=1S/C28H34N4S/c1-5-21-12-10-11-18(2)26(21)31-19(3)17-23(20(31)4)27-25(24-15-8-9-16-29-24)30-28(33)32(27)22-13-6-7-14-22/h8-12,15-17,22,25,27H,5-7,13-14H2,1-4H3,(H,30,33). The molecule has 5 rings (SSSR count). The summed E-state index contributed by atoms with van der Waals surface area (Å²) in [6, 6.07) is 15.9. The van der Waals surface area contributed by atoms with Crippen molar-refractivity contribution in [2.75, 3.05) is 0 Å². The van der Waals surface area contributed by atoms with Crippen LogP contribution in [0.2, 0.25) is 0 Å². The van der Waals surface area contributed by atoms with Crippen molar-refractivity contribution >= 4 is 17.3 Å². The molecule has 0 radical (unpaired) electrons. The number of rotatable bonds is 5. The third kappa shape index (κ3) is 3.76. The van der Waals surface area contributed by atoms with Crippen LogP contribution in [0, 0.1) is 20.8 Å². The van der Waals surface area contributed by atoms with Crippen molar-refractivity contribution in [2.24, 2.45) is 0 Å². The second kappa shape index (κ2) is 8.94. The van der Waals surface area contributed by atoms with Gasteiger partial charge in [0.1, 0.15) is 0 Å². The summed E-state index contributed by atoms with van der Waals surface area (Å²) in [4.78, 5) is 7.24. The van der Waals surface area contributed by atoms with Crippen molar-refractivity contribution in [3.05, 3.63) is 82.4 Å². The maximum Gasteiger partial charge on any atom is 0.170 e. The van der Waals surface area contributed by atoms with Crippen LogP contribution in [0.4, 0.5) is 0 Å². The van der Waals surface area contributed by atoms with E-state index in [-0.39, 0.29) is 12.1 Å². The molecule has 2 aliphatic rings. The lowest BCUT2D eigenvalue weighted by Crippen LogP contribution is -2.37. The first-order valence-electron chi connectivity index (χ1n) is 12.3. The number of hydrogen-bond acceptors (Lipinski definition) is 2. The van der Waals surface area contributed by atoms with Crippen molar-refractivity contribution in [3.8, 4) is 5.69 Å². The lowest BCUT2D eigenvalue weighted by molar-refractivity contribution is 0.245. The second-order valence-corrected chi connectivity index (χ2v) is 9.96. The first kappa shape index (κ1) is 22.1. The average molecular weight is 459 g/mol. The van der Waals surface area contributed by atoms with Crippen molar-refractivity contribution in [1.29, 1.82) is 0 Å². The Morgan fingerprint density at radius 1 is 1.06 bits per heavy atom. The SMILES string of the molecule is CCc1cccc(C)c1-n1c(C)cc(C2C(c3ccccn3)NC(=S)N2C2CCCC2)c1C. The first-order chi connectivity index (χ1) is 16.0. The Bertz CT molecular complexity index is 1160. The van der Waals surface area contributed by atoms with E-state index in [1.165, 1.54) is 59.4 Å². The number of benzene rings is 1.